The highest BCUT2D eigenvalue weighted by Crippen LogP contribution is 2.36. The second kappa shape index (κ2) is 4.54. The second-order valence-corrected chi connectivity index (χ2v) is 5.71. The highest BCUT2D eigenvalue weighted by atomic mass is 16.8. The predicted octanol–water partition coefficient (Wildman–Crippen LogP) is 1.78. The van der Waals surface area contributed by atoms with Crippen LogP contribution in [0.25, 0.3) is 10.9 Å². The van der Waals surface area contributed by atoms with Gasteiger partial charge in [0.2, 0.25) is 0 Å². The van der Waals surface area contributed by atoms with Gasteiger partial charge in [-0.05, 0) is 18.6 Å². The van der Waals surface area contributed by atoms with Crippen LogP contribution in [0.4, 0.5) is 5.69 Å². The lowest BCUT2D eigenvalue weighted by Gasteiger charge is -2.32. The van der Waals surface area contributed by atoms with Gasteiger partial charge in [0.1, 0.15) is 0 Å². The molecule has 1 spiro atoms. The van der Waals surface area contributed by atoms with E-state index in [1.807, 2.05) is 6.20 Å². The molecule has 2 aliphatic rings. The molecule has 4 rings (SSSR count). The molecule has 6 heteroatoms. The van der Waals surface area contributed by atoms with Gasteiger partial charge in [-0.2, -0.15) is 10.5 Å². The van der Waals surface area contributed by atoms with Crippen molar-refractivity contribution in [1.29, 1.82) is 0 Å². The number of aryl methyl sites for hydroxylation is 1. The topological polar surface area (TPSA) is 72.7 Å². The van der Waals surface area contributed by atoms with Gasteiger partial charge in [0.15, 0.2) is 5.72 Å². The Morgan fingerprint density at radius 2 is 2.10 bits per heavy atom. The number of aromatic nitrogens is 2. The van der Waals surface area contributed by atoms with E-state index in [2.05, 4.69) is 39.4 Å². The molecule has 0 atom stereocenters. The quantitative estimate of drug-likeness (QED) is 0.848. The lowest BCUT2D eigenvalue weighted by atomic mass is 10.0. The van der Waals surface area contributed by atoms with E-state index in [9.17, 15) is 0 Å². The molecule has 0 aliphatic carbocycles. The average Bonchev–Trinajstić information content (AvgIpc) is 3.28. The first kappa shape index (κ1) is 12.8. The van der Waals surface area contributed by atoms with E-state index in [4.69, 9.17) is 9.57 Å². The maximum Gasteiger partial charge on any atom is 0.316 e. The summed E-state index contributed by atoms with van der Waals surface area (Å²) in [6, 6.07) is 4.68. The average molecular weight is 286 g/mol. The summed E-state index contributed by atoms with van der Waals surface area (Å²) in [5, 5.41) is 1.08. The predicted molar refractivity (Wildman–Crippen MR) is 79.2 cm³/mol. The number of hydrogen-bond donors (Lipinski definition) is 1. The van der Waals surface area contributed by atoms with Crippen molar-refractivity contribution in [2.24, 2.45) is 0 Å². The normalized spacial score (nSPS) is 20.0. The molecule has 2 saturated heterocycles. The Morgan fingerprint density at radius 3 is 2.76 bits per heavy atom. The molecule has 6 nitrogen and oxygen atoms in total. The number of nitrogens with one attached hydrogen (secondary N) is 1. The molecule has 0 amide bonds. The van der Waals surface area contributed by atoms with Gasteiger partial charge in [0, 0.05) is 43.2 Å². The minimum atomic E-state index is -0.0449. The SMILES string of the molecule is COc1ncc2c(N3CCC4(CC3)NO4)ccc(C)c2n1. The number of benzene rings is 1. The molecular formula is C15H18N4O2. The third-order valence-corrected chi connectivity index (χ3v) is 4.39. The number of methoxy groups -OCH3 is 1. The zero-order valence-corrected chi connectivity index (χ0v) is 12.2. The van der Waals surface area contributed by atoms with Crippen molar-refractivity contribution in [1.82, 2.24) is 15.4 Å². The Morgan fingerprint density at radius 1 is 1.33 bits per heavy atom. The maximum atomic E-state index is 5.34. The largest absolute Gasteiger partial charge is 0.467 e. The molecule has 1 aromatic carbocycles. The van der Waals surface area contributed by atoms with E-state index in [-0.39, 0.29) is 5.72 Å². The van der Waals surface area contributed by atoms with Crippen LogP contribution in [0.2, 0.25) is 0 Å². The number of ether oxygens (including phenoxy) is 1. The van der Waals surface area contributed by atoms with E-state index in [0.717, 1.165) is 42.4 Å². The first-order valence-electron chi connectivity index (χ1n) is 7.21. The number of piperidine rings is 1. The Labute approximate surface area is 123 Å². The third kappa shape index (κ3) is 2.11. The molecule has 21 heavy (non-hydrogen) atoms. The highest BCUT2D eigenvalue weighted by Gasteiger charge is 2.47. The van der Waals surface area contributed by atoms with E-state index >= 15 is 0 Å². The van der Waals surface area contributed by atoms with E-state index < -0.39 is 0 Å². The van der Waals surface area contributed by atoms with Crippen molar-refractivity contribution in [3.63, 3.8) is 0 Å². The highest BCUT2D eigenvalue weighted by molar-refractivity contribution is 5.93. The number of rotatable bonds is 2. The Bertz CT molecular complexity index is 689. The van der Waals surface area contributed by atoms with Crippen LogP contribution >= 0.6 is 0 Å². The van der Waals surface area contributed by atoms with Crippen molar-refractivity contribution in [2.75, 3.05) is 25.1 Å². The van der Waals surface area contributed by atoms with Gasteiger partial charge in [-0.3, -0.25) is 4.84 Å². The van der Waals surface area contributed by atoms with Crippen LogP contribution in [0.15, 0.2) is 18.3 Å². The number of fused-ring (bicyclic) bond motifs is 1. The van der Waals surface area contributed by atoms with Crippen molar-refractivity contribution in [3.8, 4) is 6.01 Å². The summed E-state index contributed by atoms with van der Waals surface area (Å²) in [4.78, 5) is 16.5. The zero-order valence-electron chi connectivity index (χ0n) is 12.2. The first-order chi connectivity index (χ1) is 10.2. The minimum Gasteiger partial charge on any atom is -0.467 e. The van der Waals surface area contributed by atoms with Gasteiger partial charge in [0.25, 0.3) is 0 Å². The van der Waals surface area contributed by atoms with Gasteiger partial charge in [-0.1, -0.05) is 6.07 Å². The smallest absolute Gasteiger partial charge is 0.316 e. The lowest BCUT2D eigenvalue weighted by molar-refractivity contribution is 0.253. The van der Waals surface area contributed by atoms with Crippen molar-refractivity contribution >= 4 is 16.6 Å². The van der Waals surface area contributed by atoms with Crippen LogP contribution < -0.4 is 15.1 Å². The Kier molecular flexibility index (Phi) is 2.77. The van der Waals surface area contributed by atoms with Crippen LogP contribution in [0, 0.1) is 6.92 Å². The molecule has 2 aliphatic heterocycles. The van der Waals surface area contributed by atoms with Gasteiger partial charge in [-0.25, -0.2) is 4.98 Å². The summed E-state index contributed by atoms with van der Waals surface area (Å²) in [6.07, 6.45) is 3.86. The van der Waals surface area contributed by atoms with Crippen molar-refractivity contribution < 1.29 is 9.57 Å². The van der Waals surface area contributed by atoms with E-state index in [0.29, 0.717) is 6.01 Å². The second-order valence-electron chi connectivity index (χ2n) is 5.71. The Hall–Kier alpha value is -1.92. The molecule has 1 aromatic heterocycles. The number of hydroxylamine groups is 1. The summed E-state index contributed by atoms with van der Waals surface area (Å²) in [6.45, 7) is 4.00. The lowest BCUT2D eigenvalue weighted by Crippen LogP contribution is -2.39. The summed E-state index contributed by atoms with van der Waals surface area (Å²) >= 11 is 0. The summed E-state index contributed by atoms with van der Waals surface area (Å²) in [7, 11) is 1.59. The molecule has 3 heterocycles. The molecule has 0 saturated carbocycles. The third-order valence-electron chi connectivity index (χ3n) is 4.39. The number of hydrogen-bond acceptors (Lipinski definition) is 6. The molecule has 0 radical (unpaired) electrons. The van der Waals surface area contributed by atoms with Crippen LogP contribution in [0.1, 0.15) is 18.4 Å². The fourth-order valence-corrected chi connectivity index (χ4v) is 2.99. The van der Waals surface area contributed by atoms with Crippen LogP contribution in [-0.4, -0.2) is 35.9 Å². The molecule has 0 bridgehead atoms. The first-order valence-corrected chi connectivity index (χ1v) is 7.21. The number of nitrogens with zero attached hydrogens (tertiary/aromatic N) is 3. The maximum absolute atomic E-state index is 5.34. The Balaban J connectivity index is 1.73. The van der Waals surface area contributed by atoms with Crippen LogP contribution in [0.5, 0.6) is 6.01 Å². The van der Waals surface area contributed by atoms with Gasteiger partial charge >= 0.3 is 6.01 Å². The number of anilines is 1. The van der Waals surface area contributed by atoms with Crippen LogP contribution in [-0.2, 0) is 4.84 Å². The monoisotopic (exact) mass is 286 g/mol. The minimum absolute atomic E-state index is 0.0449. The van der Waals surface area contributed by atoms with Gasteiger partial charge in [0.05, 0.1) is 12.6 Å². The van der Waals surface area contributed by atoms with Gasteiger partial charge < -0.3 is 9.64 Å². The summed E-state index contributed by atoms with van der Waals surface area (Å²) < 4.78 is 5.14. The van der Waals surface area contributed by atoms with E-state index in [1.54, 1.807) is 7.11 Å². The standard InChI is InChI=1S/C15H18N4O2/c1-10-3-4-12(11-9-16-14(20-2)17-13(10)11)19-7-5-15(6-8-19)18-21-15/h3-4,9,18H,5-8H2,1-2H3. The molecule has 2 fully saturated rings. The van der Waals surface area contributed by atoms with Gasteiger partial charge in [-0.15, -0.1) is 0 Å². The van der Waals surface area contributed by atoms with Crippen molar-refractivity contribution in [2.45, 2.75) is 25.5 Å². The molecule has 110 valence electrons. The summed E-state index contributed by atoms with van der Waals surface area (Å²) in [5.74, 6) is 0. The fraction of sp³-hybridized carbons (Fsp3) is 0.467. The van der Waals surface area contributed by atoms with Crippen LogP contribution in [0.3, 0.4) is 0 Å². The van der Waals surface area contributed by atoms with E-state index in [1.165, 1.54) is 5.69 Å². The molecule has 2 aromatic rings. The molecular weight excluding hydrogens is 268 g/mol. The zero-order chi connectivity index (χ0) is 14.4. The fourth-order valence-electron chi connectivity index (χ4n) is 2.99. The molecule has 1 N–H and O–H groups in total. The summed E-state index contributed by atoms with van der Waals surface area (Å²) in [5.41, 5.74) is 6.25. The molecule has 0 unspecified atom stereocenters. The van der Waals surface area contributed by atoms with Crippen molar-refractivity contribution in [3.05, 3.63) is 23.9 Å².